The zero-order valence-corrected chi connectivity index (χ0v) is 39.5. The maximum atomic E-state index is 6.63. The van der Waals surface area contributed by atoms with Crippen molar-refractivity contribution in [2.24, 2.45) is 0 Å². The van der Waals surface area contributed by atoms with E-state index in [1.807, 2.05) is 6.07 Å². The molecule has 11 rings (SSSR count). The summed E-state index contributed by atoms with van der Waals surface area (Å²) >= 11 is 0. The van der Waals surface area contributed by atoms with E-state index >= 15 is 0 Å². The van der Waals surface area contributed by atoms with Crippen molar-refractivity contribution in [2.45, 2.75) is 85.5 Å². The molecule has 0 amide bonds. The minimum atomic E-state index is -0.0573. The van der Waals surface area contributed by atoms with Crippen molar-refractivity contribution in [2.75, 3.05) is 9.80 Å². The lowest BCUT2D eigenvalue weighted by Crippen LogP contribution is -2.61. The van der Waals surface area contributed by atoms with Gasteiger partial charge in [0.1, 0.15) is 11.2 Å². The van der Waals surface area contributed by atoms with Crippen molar-refractivity contribution >= 4 is 79.2 Å². The van der Waals surface area contributed by atoms with Gasteiger partial charge >= 0.3 is 0 Å². The van der Waals surface area contributed by atoms with Crippen LogP contribution in [0.15, 0.2) is 168 Å². The molecule has 0 atom stereocenters. The van der Waals surface area contributed by atoms with Crippen molar-refractivity contribution in [3.05, 3.63) is 186 Å². The second kappa shape index (κ2) is 14.6. The quantitative estimate of drug-likeness (QED) is 0.165. The van der Waals surface area contributed by atoms with E-state index in [9.17, 15) is 0 Å². The molecule has 0 spiro atoms. The molecule has 8 aromatic carbocycles. The van der Waals surface area contributed by atoms with Crippen LogP contribution in [0, 0.1) is 6.92 Å². The molecule has 1 aromatic heterocycles. The van der Waals surface area contributed by atoms with Gasteiger partial charge in [0.25, 0.3) is 6.71 Å². The molecule has 0 unspecified atom stereocenters. The summed E-state index contributed by atoms with van der Waals surface area (Å²) in [5.74, 6) is 0. The van der Waals surface area contributed by atoms with Gasteiger partial charge in [0.05, 0.1) is 5.69 Å². The van der Waals surface area contributed by atoms with Crippen LogP contribution in [-0.4, -0.2) is 6.71 Å². The molecule has 0 fully saturated rings. The first-order chi connectivity index (χ1) is 31.0. The van der Waals surface area contributed by atoms with Gasteiger partial charge in [0.15, 0.2) is 0 Å². The summed E-state index contributed by atoms with van der Waals surface area (Å²) in [6.07, 6.45) is 0. The third-order valence-electron chi connectivity index (χ3n) is 14.0. The second-order valence-electron chi connectivity index (χ2n) is 21.5. The van der Waals surface area contributed by atoms with Crippen molar-refractivity contribution in [1.82, 2.24) is 0 Å². The molecule has 0 aliphatic carbocycles. The minimum absolute atomic E-state index is 0.0202. The zero-order chi connectivity index (χ0) is 45.2. The summed E-state index contributed by atoms with van der Waals surface area (Å²) in [4.78, 5) is 5.15. The summed E-state index contributed by atoms with van der Waals surface area (Å²) in [6.45, 7) is 23.1. The average Bonchev–Trinajstić information content (AvgIpc) is 3.67. The first-order valence-corrected chi connectivity index (χ1v) is 23.3. The number of aryl methyl sites for hydroxylation is 1. The first kappa shape index (κ1) is 41.0. The van der Waals surface area contributed by atoms with Crippen molar-refractivity contribution < 1.29 is 4.42 Å². The molecule has 0 radical (unpaired) electrons. The topological polar surface area (TPSA) is 19.6 Å². The highest BCUT2D eigenvalue weighted by atomic mass is 16.3. The number of nitrogens with zero attached hydrogens (tertiary/aromatic N) is 2. The predicted octanol–water partition coefficient (Wildman–Crippen LogP) is 15.2. The first-order valence-electron chi connectivity index (χ1n) is 23.3. The highest BCUT2D eigenvalue weighted by Gasteiger charge is 2.44. The summed E-state index contributed by atoms with van der Waals surface area (Å²) in [5, 5.41) is 2.27. The largest absolute Gasteiger partial charge is 0.455 e. The number of para-hydroxylation sites is 2. The Morgan fingerprint density at radius 1 is 0.415 bits per heavy atom. The van der Waals surface area contributed by atoms with E-state index in [0.717, 1.165) is 44.3 Å². The molecule has 3 heterocycles. The number of furan rings is 1. The molecular formula is C61H57BN2O. The Morgan fingerprint density at radius 3 is 1.63 bits per heavy atom. The van der Waals surface area contributed by atoms with E-state index < -0.39 is 0 Å². The van der Waals surface area contributed by atoms with Crippen LogP contribution >= 0.6 is 0 Å². The second-order valence-corrected chi connectivity index (χ2v) is 21.5. The Kier molecular flexibility index (Phi) is 9.22. The molecule has 0 N–H and O–H groups in total. The van der Waals surface area contributed by atoms with Gasteiger partial charge in [-0.05, 0) is 128 Å². The van der Waals surface area contributed by atoms with Crippen LogP contribution in [0.4, 0.5) is 34.1 Å². The number of rotatable bonds is 4. The summed E-state index contributed by atoms with van der Waals surface area (Å²) in [5.41, 5.74) is 22.7. The third-order valence-corrected chi connectivity index (χ3v) is 14.0. The fourth-order valence-corrected chi connectivity index (χ4v) is 10.4. The predicted molar refractivity (Wildman–Crippen MR) is 279 cm³/mol. The van der Waals surface area contributed by atoms with Gasteiger partial charge in [-0.2, -0.15) is 0 Å². The molecule has 2 aliphatic rings. The Hall–Kier alpha value is -6.78. The van der Waals surface area contributed by atoms with E-state index in [1.165, 1.54) is 72.6 Å². The Bertz CT molecular complexity index is 3340. The minimum Gasteiger partial charge on any atom is -0.455 e. The molecule has 0 bridgehead atoms. The molecular weight excluding hydrogens is 787 g/mol. The molecule has 320 valence electrons. The number of hydrogen-bond acceptors (Lipinski definition) is 3. The summed E-state index contributed by atoms with van der Waals surface area (Å²) < 4.78 is 6.63. The van der Waals surface area contributed by atoms with E-state index in [2.05, 4.69) is 237 Å². The lowest BCUT2D eigenvalue weighted by Gasteiger charge is -2.45. The van der Waals surface area contributed by atoms with Gasteiger partial charge in [-0.25, -0.2) is 0 Å². The average molecular weight is 845 g/mol. The fourth-order valence-electron chi connectivity index (χ4n) is 10.4. The zero-order valence-electron chi connectivity index (χ0n) is 39.5. The summed E-state index contributed by atoms with van der Waals surface area (Å²) in [6, 6.07) is 61.7. The Morgan fingerprint density at radius 2 is 0.985 bits per heavy atom. The summed E-state index contributed by atoms with van der Waals surface area (Å²) in [7, 11) is 0. The van der Waals surface area contributed by atoms with Gasteiger partial charge in [-0.15, -0.1) is 0 Å². The molecule has 2 aliphatic heterocycles. The van der Waals surface area contributed by atoms with E-state index in [0.29, 0.717) is 0 Å². The highest BCUT2D eigenvalue weighted by Crippen LogP contribution is 2.49. The SMILES string of the molecule is Cc1cc2c3c(c1)N(c1ccc(-c4cccc5c4oc4ccccc45)cc1-c1ccccc1)c1cc(C(C)(C)C)ccc1B3c1ccc(C(C)(C)C)cc1N2c1ccc(C(C)(C)C)cc1. The Balaban J connectivity index is 1.20. The van der Waals surface area contributed by atoms with Crippen LogP contribution in [0.2, 0.25) is 0 Å². The molecule has 3 nitrogen and oxygen atoms in total. The monoisotopic (exact) mass is 844 g/mol. The van der Waals surface area contributed by atoms with Crippen LogP contribution in [-0.2, 0) is 16.2 Å². The fraction of sp³-hybridized carbons (Fsp3) is 0.213. The molecule has 9 aromatic rings. The van der Waals surface area contributed by atoms with Gasteiger partial charge < -0.3 is 14.2 Å². The van der Waals surface area contributed by atoms with Crippen LogP contribution in [0.5, 0.6) is 0 Å². The van der Waals surface area contributed by atoms with Crippen molar-refractivity contribution in [3.8, 4) is 22.3 Å². The van der Waals surface area contributed by atoms with Crippen LogP contribution in [0.3, 0.4) is 0 Å². The number of benzene rings is 8. The van der Waals surface area contributed by atoms with Crippen molar-refractivity contribution in [3.63, 3.8) is 0 Å². The van der Waals surface area contributed by atoms with Gasteiger partial charge in [0.2, 0.25) is 0 Å². The molecule has 65 heavy (non-hydrogen) atoms. The maximum absolute atomic E-state index is 6.63. The maximum Gasteiger partial charge on any atom is 0.252 e. The van der Waals surface area contributed by atoms with E-state index in [-0.39, 0.29) is 23.0 Å². The molecule has 4 heteroatoms. The van der Waals surface area contributed by atoms with Crippen LogP contribution in [0.25, 0.3) is 44.2 Å². The van der Waals surface area contributed by atoms with Crippen molar-refractivity contribution in [1.29, 1.82) is 0 Å². The smallest absolute Gasteiger partial charge is 0.252 e. The molecule has 0 saturated heterocycles. The number of anilines is 6. The van der Waals surface area contributed by atoms with Gasteiger partial charge in [-0.1, -0.05) is 172 Å². The van der Waals surface area contributed by atoms with Gasteiger partial charge in [-0.3, -0.25) is 0 Å². The van der Waals surface area contributed by atoms with Gasteiger partial charge in [0, 0.05) is 50.3 Å². The highest BCUT2D eigenvalue weighted by molar-refractivity contribution is 7.00. The lowest BCUT2D eigenvalue weighted by molar-refractivity contribution is 0.590. The van der Waals surface area contributed by atoms with Crippen LogP contribution in [0.1, 0.15) is 84.6 Å². The Labute approximate surface area is 385 Å². The van der Waals surface area contributed by atoms with E-state index in [1.54, 1.807) is 0 Å². The van der Waals surface area contributed by atoms with Crippen LogP contribution < -0.4 is 26.2 Å². The molecule has 0 saturated carbocycles. The number of fused-ring (bicyclic) bond motifs is 7. The normalized spacial score (nSPS) is 13.6. The van der Waals surface area contributed by atoms with E-state index in [4.69, 9.17) is 4.42 Å². The third kappa shape index (κ3) is 6.71. The standard InChI is InChI=1S/C61H57BN2O/c1-38-33-54-57-55(34-38)64(51-32-23-40(35-48(51)39-17-12-11-13-18-39)45-20-16-21-47-46-19-14-15-22-56(46)65-58(45)47)53-37-43(61(8,9)10)27-31-50(53)62(57)49-30-26-42(60(5,6)7)36-52(49)63(54)44-28-24-41(25-29-44)59(2,3)4/h11-37H,1-10H3. The lowest BCUT2D eigenvalue weighted by atomic mass is 9.33. The number of hydrogen-bond donors (Lipinski definition) is 0.